The highest BCUT2D eigenvalue weighted by molar-refractivity contribution is 6.15. The molecule has 4 aromatic rings. The van der Waals surface area contributed by atoms with Crippen LogP contribution in [-0.4, -0.2) is 58.9 Å². The zero-order valence-corrected chi connectivity index (χ0v) is 27.8. The van der Waals surface area contributed by atoms with Crippen molar-refractivity contribution in [2.24, 2.45) is 23.7 Å². The molecule has 2 aromatic carbocycles. The number of aromatic amines is 1. The average molecular weight is 657 g/mol. The molecule has 11 nitrogen and oxygen atoms in total. The number of hydrogen-bond acceptors (Lipinski definition) is 9. The highest BCUT2D eigenvalue weighted by atomic mass is 17.3. The van der Waals surface area contributed by atoms with Crippen LogP contribution in [0, 0.1) is 23.7 Å². The van der Waals surface area contributed by atoms with Crippen molar-refractivity contribution in [3.63, 3.8) is 0 Å². The second-order valence-electron chi connectivity index (χ2n) is 14.3. The maximum Gasteiger partial charge on any atom is 0.308 e. The maximum absolute atomic E-state index is 13.0. The highest BCUT2D eigenvalue weighted by Crippen LogP contribution is 2.60. The number of para-hydroxylation sites is 2. The smallest absolute Gasteiger partial charge is 0.308 e. The van der Waals surface area contributed by atoms with Crippen molar-refractivity contribution in [3.05, 3.63) is 48.5 Å². The number of hydrogen-bond donors (Lipinski definition) is 3. The van der Waals surface area contributed by atoms with E-state index in [1.54, 1.807) is 0 Å². The summed E-state index contributed by atoms with van der Waals surface area (Å²) in [6, 6.07) is 16.3. The lowest BCUT2D eigenvalue weighted by Gasteiger charge is -2.59. The third kappa shape index (κ3) is 5.31. The molecule has 1 aliphatic carbocycles. The first-order chi connectivity index (χ1) is 23.3. The van der Waals surface area contributed by atoms with Crippen LogP contribution in [0.2, 0.25) is 0 Å². The number of pyridine rings is 1. The van der Waals surface area contributed by atoms with Crippen molar-refractivity contribution in [1.29, 1.82) is 0 Å². The second-order valence-corrected chi connectivity index (χ2v) is 14.3. The normalized spacial score (nSPS) is 32.6. The zero-order valence-electron chi connectivity index (χ0n) is 27.8. The molecule has 3 N–H and O–H groups in total. The number of rotatable bonds is 9. The van der Waals surface area contributed by atoms with Crippen LogP contribution in [0.3, 0.4) is 0 Å². The van der Waals surface area contributed by atoms with Crippen molar-refractivity contribution in [2.45, 2.75) is 89.7 Å². The first kappa shape index (κ1) is 31.5. The summed E-state index contributed by atoms with van der Waals surface area (Å²) in [6.45, 7) is 7.31. The van der Waals surface area contributed by atoms with E-state index < -0.39 is 29.9 Å². The first-order valence-corrected chi connectivity index (χ1v) is 17.4. The van der Waals surface area contributed by atoms with Gasteiger partial charge in [0, 0.05) is 54.1 Å². The van der Waals surface area contributed by atoms with Gasteiger partial charge in [0.1, 0.15) is 0 Å². The van der Waals surface area contributed by atoms with Crippen molar-refractivity contribution < 1.29 is 33.6 Å². The lowest BCUT2D eigenvalue weighted by atomic mass is 9.58. The fourth-order valence-corrected chi connectivity index (χ4v) is 8.67. The number of amides is 1. The summed E-state index contributed by atoms with van der Waals surface area (Å²) in [4.78, 5) is 46.1. The summed E-state index contributed by atoms with van der Waals surface area (Å²) in [5.41, 5.74) is 4.15. The second kappa shape index (κ2) is 12.3. The monoisotopic (exact) mass is 656 g/mol. The van der Waals surface area contributed by atoms with Crippen LogP contribution < -0.4 is 10.6 Å². The number of ether oxygens (including phenoxy) is 3. The standard InChI is InChI=1S/C37H44N4O7/c1-21-13-14-26-22(2)34(45-35-37(26)25(21)17-18-36(3,46-35)47-48-37)44-30(43)16-15-29(42)38-19-8-20-39-31-23-9-4-6-11-27(23)40-32-24-10-5-7-12-28(24)41-33(31)32/h4-7,9-12,21-22,25-26,34-35,41H,8,13-20H2,1-3H3,(H,38,42)(H,39,40)/t21-,22-,25+,26+,34-,35-,36+,37-/m1/s1. The number of carbonyl (C=O) groups excluding carboxylic acids is 2. The van der Waals surface area contributed by atoms with Crippen molar-refractivity contribution >= 4 is 50.4 Å². The minimum absolute atomic E-state index is 0.0314. The Bertz CT molecular complexity index is 1860. The average Bonchev–Trinajstić information content (AvgIpc) is 3.30. The molecule has 4 saturated heterocycles. The highest BCUT2D eigenvalue weighted by Gasteiger charge is 2.69. The molecule has 48 heavy (non-hydrogen) atoms. The van der Waals surface area contributed by atoms with E-state index in [0.29, 0.717) is 25.4 Å². The number of fused-ring (bicyclic) bond motifs is 6. The molecule has 4 aliphatic heterocycles. The largest absolute Gasteiger partial charge is 0.435 e. The molecule has 9 rings (SSSR count). The number of H-pyrrole nitrogens is 1. The molecule has 2 aromatic heterocycles. The quantitative estimate of drug-likeness (QED) is 0.108. The predicted molar refractivity (Wildman–Crippen MR) is 179 cm³/mol. The van der Waals surface area contributed by atoms with E-state index in [2.05, 4.69) is 40.7 Å². The predicted octanol–water partition coefficient (Wildman–Crippen LogP) is 6.32. The minimum Gasteiger partial charge on any atom is -0.435 e. The Morgan fingerprint density at radius 3 is 2.67 bits per heavy atom. The van der Waals surface area contributed by atoms with E-state index in [0.717, 1.165) is 64.2 Å². The molecular formula is C37H44N4O7. The van der Waals surface area contributed by atoms with Gasteiger partial charge in [-0.2, -0.15) is 0 Å². The van der Waals surface area contributed by atoms with Gasteiger partial charge in [0.05, 0.1) is 28.7 Å². The summed E-state index contributed by atoms with van der Waals surface area (Å²) in [5, 5.41) is 8.65. The number of benzene rings is 2. The van der Waals surface area contributed by atoms with Crippen LogP contribution in [0.25, 0.3) is 32.8 Å². The number of anilines is 1. The third-order valence-corrected chi connectivity index (χ3v) is 11.2. The van der Waals surface area contributed by atoms with Crippen LogP contribution in [0.4, 0.5) is 5.69 Å². The molecule has 1 saturated carbocycles. The summed E-state index contributed by atoms with van der Waals surface area (Å²) >= 11 is 0. The SMILES string of the molecule is C[C@H]1[C@H](OC(=O)CCC(=O)NCCCNc2c3ccccc3nc3c2[nH]c2ccccc23)O[C@@H]2O[C@]3(C)CC[C@H]4[C@H](C)CC[C@@H]1[C@@]24OO3. The van der Waals surface area contributed by atoms with Crippen LogP contribution >= 0.6 is 0 Å². The van der Waals surface area contributed by atoms with Gasteiger partial charge in [0.25, 0.3) is 0 Å². The zero-order chi connectivity index (χ0) is 33.0. The van der Waals surface area contributed by atoms with Crippen molar-refractivity contribution in [2.75, 3.05) is 18.4 Å². The number of nitrogens with one attached hydrogen (secondary N) is 3. The van der Waals surface area contributed by atoms with E-state index in [9.17, 15) is 9.59 Å². The molecule has 6 heterocycles. The Kier molecular flexibility index (Phi) is 8.06. The molecular weight excluding hydrogens is 612 g/mol. The minimum atomic E-state index is -0.894. The van der Waals surface area contributed by atoms with Gasteiger partial charge in [0.2, 0.25) is 18.0 Å². The van der Waals surface area contributed by atoms with Gasteiger partial charge in [-0.25, -0.2) is 14.8 Å². The molecule has 5 fully saturated rings. The summed E-state index contributed by atoms with van der Waals surface area (Å²) in [7, 11) is 0. The molecule has 1 amide bonds. The van der Waals surface area contributed by atoms with Crippen LogP contribution in [-0.2, 0) is 33.6 Å². The van der Waals surface area contributed by atoms with E-state index in [-0.39, 0.29) is 36.5 Å². The molecule has 0 unspecified atom stereocenters. The van der Waals surface area contributed by atoms with E-state index in [1.165, 1.54) is 0 Å². The molecule has 254 valence electrons. The maximum atomic E-state index is 13.0. The van der Waals surface area contributed by atoms with Gasteiger partial charge in [-0.05, 0) is 56.6 Å². The number of esters is 1. The van der Waals surface area contributed by atoms with Crippen molar-refractivity contribution in [1.82, 2.24) is 15.3 Å². The fourth-order valence-electron chi connectivity index (χ4n) is 8.67. The van der Waals surface area contributed by atoms with Gasteiger partial charge < -0.3 is 29.8 Å². The van der Waals surface area contributed by atoms with Gasteiger partial charge >= 0.3 is 5.97 Å². The topological polar surface area (TPSA) is 133 Å². The Labute approximate surface area is 279 Å². The summed E-state index contributed by atoms with van der Waals surface area (Å²) < 4.78 is 18.5. The summed E-state index contributed by atoms with van der Waals surface area (Å²) in [6.07, 6.45) is 2.89. The molecule has 11 heteroatoms. The van der Waals surface area contributed by atoms with Gasteiger partial charge in [-0.3, -0.25) is 9.59 Å². The van der Waals surface area contributed by atoms with Crippen LogP contribution in [0.1, 0.15) is 65.7 Å². The number of carbonyl (C=O) groups is 2. The molecule has 1 spiro atoms. The Morgan fingerprint density at radius 2 is 1.79 bits per heavy atom. The van der Waals surface area contributed by atoms with E-state index in [1.807, 2.05) is 44.2 Å². The summed E-state index contributed by atoms with van der Waals surface area (Å²) in [5.74, 6) is -0.910. The van der Waals surface area contributed by atoms with Crippen molar-refractivity contribution in [3.8, 4) is 0 Å². The van der Waals surface area contributed by atoms with Gasteiger partial charge in [-0.15, -0.1) is 0 Å². The third-order valence-electron chi connectivity index (χ3n) is 11.2. The lowest BCUT2D eigenvalue weighted by Crippen LogP contribution is -2.70. The first-order valence-electron chi connectivity index (χ1n) is 17.4. The van der Waals surface area contributed by atoms with Gasteiger partial charge in [0.15, 0.2) is 11.9 Å². The van der Waals surface area contributed by atoms with Crippen LogP contribution in [0.5, 0.6) is 0 Å². The Morgan fingerprint density at radius 1 is 0.979 bits per heavy atom. The Balaban J connectivity index is 0.835. The lowest BCUT2D eigenvalue weighted by molar-refractivity contribution is -0.576. The van der Waals surface area contributed by atoms with Crippen LogP contribution in [0.15, 0.2) is 48.5 Å². The molecule has 8 atom stereocenters. The molecule has 2 bridgehead atoms. The van der Waals surface area contributed by atoms with E-state index in [4.69, 9.17) is 29.0 Å². The fraction of sp³-hybridized carbons (Fsp3) is 0.541. The number of nitrogens with zero attached hydrogens (tertiary/aromatic N) is 1. The molecule has 0 radical (unpaired) electrons. The van der Waals surface area contributed by atoms with Gasteiger partial charge in [-0.1, -0.05) is 50.2 Å². The number of aromatic nitrogens is 2. The Hall–Kier alpha value is -3.77. The van der Waals surface area contributed by atoms with E-state index >= 15 is 0 Å². The molecule has 5 aliphatic rings.